The molecule has 0 amide bonds. The molecule has 0 spiro atoms. The number of alkyl halides is 1. The van der Waals surface area contributed by atoms with Crippen LogP contribution in [0.5, 0.6) is 0 Å². The van der Waals surface area contributed by atoms with Crippen molar-refractivity contribution in [2.75, 3.05) is 11.5 Å². The summed E-state index contributed by atoms with van der Waals surface area (Å²) in [5.74, 6) is -0.125. The number of hydrogen-bond acceptors (Lipinski definition) is 2. The summed E-state index contributed by atoms with van der Waals surface area (Å²) in [6.45, 7) is 3.90. The van der Waals surface area contributed by atoms with E-state index in [1.807, 2.05) is 13.8 Å². The first kappa shape index (κ1) is 11.0. The van der Waals surface area contributed by atoms with Gasteiger partial charge in [0.15, 0.2) is 9.84 Å². The predicted molar refractivity (Wildman–Crippen MR) is 51.2 cm³/mol. The Balaban J connectivity index is 2.86. The SMILES string of the molecule is CCC1(C)CCC(F)CS(=O)(=O)C1. The fourth-order valence-electron chi connectivity index (χ4n) is 1.80. The molecular weight excluding hydrogens is 191 g/mol. The average molecular weight is 208 g/mol. The maximum Gasteiger partial charge on any atom is 0.153 e. The van der Waals surface area contributed by atoms with Gasteiger partial charge >= 0.3 is 0 Å². The summed E-state index contributed by atoms with van der Waals surface area (Å²) in [7, 11) is -3.16. The van der Waals surface area contributed by atoms with Gasteiger partial charge in [0.1, 0.15) is 6.17 Å². The molecule has 78 valence electrons. The van der Waals surface area contributed by atoms with Crippen molar-refractivity contribution in [3.63, 3.8) is 0 Å². The van der Waals surface area contributed by atoms with E-state index < -0.39 is 16.0 Å². The van der Waals surface area contributed by atoms with Gasteiger partial charge in [-0.15, -0.1) is 0 Å². The molecule has 0 saturated carbocycles. The molecule has 1 saturated heterocycles. The second-order valence-corrected chi connectivity index (χ2v) is 6.46. The third-order valence-corrected chi connectivity index (χ3v) is 4.92. The predicted octanol–water partition coefficient (Wildman–Crippen LogP) is 1.95. The van der Waals surface area contributed by atoms with Crippen molar-refractivity contribution in [1.29, 1.82) is 0 Å². The summed E-state index contributed by atoms with van der Waals surface area (Å²) in [5.41, 5.74) is -0.209. The van der Waals surface area contributed by atoms with Crippen molar-refractivity contribution in [3.8, 4) is 0 Å². The highest BCUT2D eigenvalue weighted by atomic mass is 32.2. The van der Waals surface area contributed by atoms with Gasteiger partial charge in [-0.1, -0.05) is 13.8 Å². The molecule has 0 bridgehead atoms. The summed E-state index contributed by atoms with van der Waals surface area (Å²) in [5, 5.41) is 0. The van der Waals surface area contributed by atoms with Crippen LogP contribution >= 0.6 is 0 Å². The Hall–Kier alpha value is -0.120. The third-order valence-electron chi connectivity index (χ3n) is 2.92. The molecule has 0 aromatic carbocycles. The molecule has 1 heterocycles. The zero-order chi connectivity index (χ0) is 10.1. The zero-order valence-electron chi connectivity index (χ0n) is 8.22. The highest BCUT2D eigenvalue weighted by Crippen LogP contribution is 2.33. The van der Waals surface area contributed by atoms with Crippen LogP contribution in [0.25, 0.3) is 0 Å². The van der Waals surface area contributed by atoms with Gasteiger partial charge in [-0.05, 0) is 24.7 Å². The van der Waals surface area contributed by atoms with Crippen molar-refractivity contribution < 1.29 is 12.8 Å². The van der Waals surface area contributed by atoms with Gasteiger partial charge in [0.2, 0.25) is 0 Å². The molecule has 0 radical (unpaired) electrons. The molecule has 1 aliphatic heterocycles. The topological polar surface area (TPSA) is 34.1 Å². The lowest BCUT2D eigenvalue weighted by Gasteiger charge is -2.24. The molecule has 0 aromatic rings. The van der Waals surface area contributed by atoms with Crippen LogP contribution in [0.3, 0.4) is 0 Å². The minimum atomic E-state index is -3.16. The van der Waals surface area contributed by atoms with E-state index in [9.17, 15) is 12.8 Å². The molecule has 0 N–H and O–H groups in total. The van der Waals surface area contributed by atoms with Crippen LogP contribution in [0.15, 0.2) is 0 Å². The zero-order valence-corrected chi connectivity index (χ0v) is 9.03. The van der Waals surface area contributed by atoms with Crippen LogP contribution in [-0.4, -0.2) is 26.1 Å². The lowest BCUT2D eigenvalue weighted by molar-refractivity contribution is 0.267. The summed E-state index contributed by atoms with van der Waals surface area (Å²) in [6.07, 6.45) is 0.727. The number of hydrogen-bond donors (Lipinski definition) is 0. The molecule has 2 unspecified atom stereocenters. The standard InChI is InChI=1S/C9H17FO2S/c1-3-9(2)5-4-8(10)6-13(11,12)7-9/h8H,3-7H2,1-2H3. The smallest absolute Gasteiger partial charge is 0.153 e. The first-order valence-corrected chi connectivity index (χ1v) is 6.53. The fraction of sp³-hybridized carbons (Fsp3) is 1.00. The van der Waals surface area contributed by atoms with Crippen molar-refractivity contribution >= 4 is 9.84 Å². The molecule has 0 aromatic heterocycles. The van der Waals surface area contributed by atoms with Crippen LogP contribution in [0.1, 0.15) is 33.1 Å². The van der Waals surface area contributed by atoms with E-state index in [1.165, 1.54) is 0 Å². The first-order chi connectivity index (χ1) is 5.87. The Morgan fingerprint density at radius 2 is 2.15 bits per heavy atom. The van der Waals surface area contributed by atoms with Crippen LogP contribution < -0.4 is 0 Å². The Kier molecular flexibility index (Phi) is 3.00. The minimum absolute atomic E-state index is 0.150. The van der Waals surface area contributed by atoms with Gasteiger partial charge in [0, 0.05) is 0 Å². The van der Waals surface area contributed by atoms with Gasteiger partial charge in [-0.2, -0.15) is 0 Å². The van der Waals surface area contributed by atoms with Gasteiger partial charge in [0.05, 0.1) is 11.5 Å². The molecule has 2 atom stereocenters. The summed E-state index contributed by atoms with van der Waals surface area (Å²) in [4.78, 5) is 0. The lowest BCUT2D eigenvalue weighted by Crippen LogP contribution is -2.25. The van der Waals surface area contributed by atoms with Crippen molar-refractivity contribution in [1.82, 2.24) is 0 Å². The van der Waals surface area contributed by atoms with Gasteiger partial charge in [-0.3, -0.25) is 0 Å². The Bertz CT molecular complexity index is 273. The Morgan fingerprint density at radius 3 is 2.69 bits per heavy atom. The average Bonchev–Trinajstić information content (AvgIpc) is 2.08. The highest BCUT2D eigenvalue weighted by Gasteiger charge is 2.35. The molecule has 2 nitrogen and oxygen atoms in total. The van der Waals surface area contributed by atoms with Gasteiger partial charge < -0.3 is 0 Å². The molecule has 0 aliphatic carbocycles. The molecular formula is C9H17FO2S. The Labute approximate surface area is 79.4 Å². The van der Waals surface area contributed by atoms with Crippen LogP contribution in [0.4, 0.5) is 4.39 Å². The van der Waals surface area contributed by atoms with Crippen LogP contribution in [0.2, 0.25) is 0 Å². The van der Waals surface area contributed by atoms with E-state index in [0.717, 1.165) is 6.42 Å². The highest BCUT2D eigenvalue weighted by molar-refractivity contribution is 7.91. The molecule has 1 aliphatic rings. The van der Waals surface area contributed by atoms with Crippen LogP contribution in [0, 0.1) is 5.41 Å². The number of sulfone groups is 1. The quantitative estimate of drug-likeness (QED) is 0.660. The molecule has 13 heavy (non-hydrogen) atoms. The summed E-state index contributed by atoms with van der Waals surface area (Å²) in [6, 6.07) is 0. The molecule has 1 fully saturated rings. The molecule has 1 rings (SSSR count). The van der Waals surface area contributed by atoms with E-state index in [1.54, 1.807) is 0 Å². The van der Waals surface area contributed by atoms with E-state index in [-0.39, 0.29) is 16.9 Å². The Morgan fingerprint density at radius 1 is 1.54 bits per heavy atom. The maximum absolute atomic E-state index is 13.0. The summed E-state index contributed by atoms with van der Waals surface area (Å²) >= 11 is 0. The second-order valence-electron chi connectivity index (χ2n) is 4.35. The van der Waals surface area contributed by atoms with E-state index in [2.05, 4.69) is 0 Å². The first-order valence-electron chi connectivity index (χ1n) is 4.71. The van der Waals surface area contributed by atoms with E-state index in [4.69, 9.17) is 0 Å². The summed E-state index contributed by atoms with van der Waals surface area (Å²) < 4.78 is 35.9. The fourth-order valence-corrected chi connectivity index (χ4v) is 4.05. The van der Waals surface area contributed by atoms with Crippen molar-refractivity contribution in [2.24, 2.45) is 5.41 Å². The van der Waals surface area contributed by atoms with Crippen molar-refractivity contribution in [3.05, 3.63) is 0 Å². The largest absolute Gasteiger partial charge is 0.246 e. The molecule has 4 heteroatoms. The normalized spacial score (nSPS) is 39.8. The second kappa shape index (κ2) is 3.56. The third kappa shape index (κ3) is 2.93. The monoisotopic (exact) mass is 208 g/mol. The van der Waals surface area contributed by atoms with Crippen molar-refractivity contribution in [2.45, 2.75) is 39.3 Å². The van der Waals surface area contributed by atoms with E-state index in [0.29, 0.717) is 12.8 Å². The van der Waals surface area contributed by atoms with Gasteiger partial charge in [-0.25, -0.2) is 12.8 Å². The number of halogens is 1. The lowest BCUT2D eigenvalue weighted by atomic mass is 9.84. The van der Waals surface area contributed by atoms with Gasteiger partial charge in [0.25, 0.3) is 0 Å². The van der Waals surface area contributed by atoms with E-state index >= 15 is 0 Å². The number of rotatable bonds is 1. The maximum atomic E-state index is 13.0. The van der Waals surface area contributed by atoms with Crippen LogP contribution in [-0.2, 0) is 9.84 Å². The minimum Gasteiger partial charge on any atom is -0.246 e.